The van der Waals surface area contributed by atoms with Crippen molar-refractivity contribution >= 4 is 79.1 Å². The van der Waals surface area contributed by atoms with E-state index in [1.165, 1.54) is -0.342 Å². The third kappa shape index (κ3) is 8.38. The fourth-order valence-corrected chi connectivity index (χ4v) is 1.95. The third-order valence-electron chi connectivity index (χ3n) is 1.08. The summed E-state index contributed by atoms with van der Waals surface area (Å²) < 4.78 is 1.32. The Morgan fingerprint density at radius 3 is 1.85 bits per heavy atom. The Morgan fingerprint density at radius 2 is 1.54 bits per heavy atom. The Hall–Kier alpha value is 1.38. The molecule has 0 saturated heterocycles. The van der Waals surface area contributed by atoms with Gasteiger partial charge in [-0.05, 0) is 0 Å². The van der Waals surface area contributed by atoms with Gasteiger partial charge in [-0.2, -0.15) is 0 Å². The van der Waals surface area contributed by atoms with Crippen LogP contribution in [-0.2, 0) is 0 Å². The summed E-state index contributed by atoms with van der Waals surface area (Å²) in [7, 11) is -2.17. The molecule has 1 rings (SSSR count). The molecule has 13 heavy (non-hydrogen) atoms. The molecule has 0 heterocycles. The van der Waals surface area contributed by atoms with E-state index in [0.29, 0.717) is 59.0 Å². The zero-order chi connectivity index (χ0) is 10.4. The molecular weight excluding hydrogens is 241 g/mol. The maximum absolute atomic E-state index is 7.17. The van der Waals surface area contributed by atoms with Crippen molar-refractivity contribution in [3.05, 3.63) is 28.2 Å². The van der Waals surface area contributed by atoms with Gasteiger partial charge < -0.3 is 15.1 Å². The molecule has 0 saturated carbocycles. The van der Waals surface area contributed by atoms with Crippen LogP contribution in [-0.4, -0.2) is 71.3 Å². The molecule has 0 spiro atoms. The fourth-order valence-electron chi connectivity index (χ4n) is 0.601. The van der Waals surface area contributed by atoms with E-state index in [1.54, 1.807) is 0 Å². The fraction of sp³-hybridized carbons (Fsp3) is 0. The second-order valence-electron chi connectivity index (χ2n) is 2.26. The van der Waals surface area contributed by atoms with E-state index in [1.807, 2.05) is 18.2 Å². The van der Waals surface area contributed by atoms with Crippen LogP contribution in [0.1, 0.15) is 0 Å². The Balaban J connectivity index is 0.000000310. The second kappa shape index (κ2) is 7.64. The Morgan fingerprint density at radius 1 is 1.08 bits per heavy atom. The van der Waals surface area contributed by atoms with E-state index in [-0.39, 0.29) is 0 Å². The van der Waals surface area contributed by atoms with Gasteiger partial charge in [0.05, 0.1) is 0 Å². The van der Waals surface area contributed by atoms with Gasteiger partial charge in [-0.15, -0.1) is 0 Å². The summed E-state index contributed by atoms with van der Waals surface area (Å²) in [6.45, 7) is 0. The van der Waals surface area contributed by atoms with Crippen molar-refractivity contribution in [1.82, 2.24) is 0 Å². The molecule has 0 bridgehead atoms. The Bertz CT molecular complexity index is 269. The van der Waals surface area contributed by atoms with Crippen LogP contribution >= 0.6 is 23.2 Å². The number of rotatable bonds is 0. The van der Waals surface area contributed by atoms with Gasteiger partial charge in [-0.3, -0.25) is 0 Å². The molecule has 0 aliphatic carbocycles. The molecule has 0 fully saturated rings. The van der Waals surface area contributed by atoms with Crippen molar-refractivity contribution in [2.45, 2.75) is 0 Å². The number of benzene rings is 1. The minimum absolute atomic E-state index is 0.643. The molecule has 1 aromatic rings. The molecular formula is C6H6BCl2KO3. The average Bonchev–Trinajstić information content (AvgIpc) is 1.96. The summed E-state index contributed by atoms with van der Waals surface area (Å²) in [6, 6.07) is 5.77. The van der Waals surface area contributed by atoms with Gasteiger partial charge in [0, 0.05) is 0 Å². The van der Waals surface area contributed by atoms with E-state index >= 15 is 0 Å². The minimum Gasteiger partial charge on any atom is -0.402 e. The van der Waals surface area contributed by atoms with Gasteiger partial charge in [0.1, 0.15) is 0 Å². The van der Waals surface area contributed by atoms with Crippen LogP contribution in [0.15, 0.2) is 18.2 Å². The zero-order valence-electron chi connectivity index (χ0n) is 6.91. The summed E-state index contributed by atoms with van der Waals surface area (Å²) in [5.74, 6) is 0. The zero-order valence-corrected chi connectivity index (χ0v) is 11.5. The van der Waals surface area contributed by atoms with Crippen molar-refractivity contribution < 1.29 is 15.1 Å². The predicted octanol–water partition coefficient (Wildman–Crippen LogP) is -0.265. The van der Waals surface area contributed by atoms with Crippen LogP contribution in [0.25, 0.3) is 0 Å². The minimum atomic E-state index is -2.17. The van der Waals surface area contributed by atoms with Gasteiger partial charge in [0.25, 0.3) is 0 Å². The first kappa shape index (κ1) is 14.4. The van der Waals surface area contributed by atoms with Gasteiger partial charge in [0.2, 0.25) is 0 Å². The number of halogens is 2. The van der Waals surface area contributed by atoms with E-state index in [9.17, 15) is 0 Å². The third-order valence-corrected chi connectivity index (χ3v) is 2.79. The largest absolute Gasteiger partial charge is 0.631 e. The summed E-state index contributed by atoms with van der Waals surface area (Å²) in [5.41, 5.74) is 0. The van der Waals surface area contributed by atoms with Gasteiger partial charge >= 0.3 is 107 Å². The quantitative estimate of drug-likeness (QED) is 0.553. The SMILES string of the molecule is Clc1cc[c]([K])cc1Cl.OB(O)O. The van der Waals surface area contributed by atoms with Gasteiger partial charge in [0.15, 0.2) is 0 Å². The number of hydrogen-bond donors (Lipinski definition) is 3. The second-order valence-corrected chi connectivity index (χ2v) is 4.88. The van der Waals surface area contributed by atoms with Crippen molar-refractivity contribution in [1.29, 1.82) is 0 Å². The van der Waals surface area contributed by atoms with Crippen LogP contribution in [0.5, 0.6) is 0 Å². The van der Waals surface area contributed by atoms with Crippen LogP contribution in [0.3, 0.4) is 0 Å². The normalized spacial score (nSPS) is 8.85. The van der Waals surface area contributed by atoms with Crippen molar-refractivity contribution in [3.8, 4) is 0 Å². The molecule has 0 atom stereocenters. The molecule has 7 heteroatoms. The monoisotopic (exact) mass is 246 g/mol. The molecule has 0 aliphatic rings. The smallest absolute Gasteiger partial charge is 0.402 e. The van der Waals surface area contributed by atoms with E-state index in [0.717, 1.165) is 0 Å². The summed E-state index contributed by atoms with van der Waals surface area (Å²) in [6.07, 6.45) is 0. The van der Waals surface area contributed by atoms with Crippen LogP contribution in [0.4, 0.5) is 0 Å². The topological polar surface area (TPSA) is 60.7 Å². The van der Waals surface area contributed by atoms with E-state index in [2.05, 4.69) is 0 Å². The Labute approximate surface area is 120 Å². The first-order valence-electron chi connectivity index (χ1n) is 3.39. The van der Waals surface area contributed by atoms with Crippen LogP contribution in [0.2, 0.25) is 10.0 Å². The van der Waals surface area contributed by atoms with Crippen LogP contribution in [0, 0.1) is 0 Å². The Kier molecular flexibility index (Phi) is 8.46. The first-order valence-corrected chi connectivity index (χ1v) is 5.71. The molecule has 66 valence electrons. The average molecular weight is 247 g/mol. The molecule has 1 aromatic carbocycles. The maximum atomic E-state index is 7.17. The van der Waals surface area contributed by atoms with E-state index in [4.69, 9.17) is 38.3 Å². The first-order chi connectivity index (χ1) is 5.93. The van der Waals surface area contributed by atoms with Crippen LogP contribution < -0.4 is -0.342 Å². The van der Waals surface area contributed by atoms with Crippen molar-refractivity contribution in [3.63, 3.8) is 0 Å². The summed E-state index contributed by atoms with van der Waals surface area (Å²) in [5, 5.41) is 22.8. The summed E-state index contributed by atoms with van der Waals surface area (Å²) >= 11 is 12.1. The standard InChI is InChI=1S/C6H3Cl2.BH3O3.K/c7-5-3-1-2-4-6(5)8;2-1(3)4;/h1,3-4H;2-4H;. The van der Waals surface area contributed by atoms with Crippen molar-refractivity contribution in [2.24, 2.45) is 0 Å². The van der Waals surface area contributed by atoms with Gasteiger partial charge in [-0.1, -0.05) is 0 Å². The molecule has 0 aliphatic heterocycles. The number of hydrogen-bond acceptors (Lipinski definition) is 3. The summed E-state index contributed by atoms with van der Waals surface area (Å²) in [4.78, 5) is 0. The van der Waals surface area contributed by atoms with Crippen molar-refractivity contribution in [2.75, 3.05) is 0 Å². The predicted molar refractivity (Wildman–Crippen MR) is 54.3 cm³/mol. The van der Waals surface area contributed by atoms with Gasteiger partial charge in [-0.25, -0.2) is 0 Å². The molecule has 0 amide bonds. The molecule has 0 radical (unpaired) electrons. The maximum Gasteiger partial charge on any atom is 0.631 e. The molecule has 3 nitrogen and oxygen atoms in total. The molecule has 0 aromatic heterocycles. The molecule has 3 N–H and O–H groups in total. The van der Waals surface area contributed by atoms with E-state index < -0.39 is 7.32 Å². The molecule has 0 unspecified atom stereocenters.